The molecule has 0 aliphatic carbocycles. The molecule has 2 radical (unpaired) electrons. The first-order valence-electron chi connectivity index (χ1n) is 2.28. The fraction of sp³-hybridized carbons (Fsp3) is 0.250. The maximum atomic E-state index is 11.8. The zero-order chi connectivity index (χ0) is 7.78. The smallest absolute Gasteiger partial charge is 0.261 e. The summed E-state index contributed by atoms with van der Waals surface area (Å²) in [6, 6.07) is 0. The molecule has 1 rings (SSSR count). The van der Waals surface area contributed by atoms with Crippen molar-refractivity contribution in [3.8, 4) is 0 Å². The molecule has 0 saturated carbocycles. The molecule has 0 unspecified atom stereocenters. The number of aromatic nitrogens is 1. The fourth-order valence-corrected chi connectivity index (χ4v) is 1.05. The fourth-order valence-electron chi connectivity index (χ4n) is 0.467. The molecule has 52 valence electrons. The summed E-state index contributed by atoms with van der Waals surface area (Å²) in [5, 5.41) is 0. The van der Waals surface area contributed by atoms with Gasteiger partial charge in [-0.15, -0.1) is 11.3 Å². The lowest BCUT2D eigenvalue weighted by Gasteiger charge is -2.02. The topological polar surface area (TPSA) is 12.9 Å². The maximum Gasteiger partial charge on any atom is 0.426 e. The van der Waals surface area contributed by atoms with Crippen molar-refractivity contribution in [2.45, 2.75) is 6.18 Å². The molecule has 0 aliphatic rings. The predicted octanol–water partition coefficient (Wildman–Crippen LogP) is 0.956. The molecular formula is C4HBF3NS. The van der Waals surface area contributed by atoms with E-state index >= 15 is 0 Å². The highest BCUT2D eigenvalue weighted by Crippen LogP contribution is 2.29. The molecule has 6 heteroatoms. The van der Waals surface area contributed by atoms with Crippen LogP contribution in [0.1, 0.15) is 4.88 Å². The van der Waals surface area contributed by atoms with Crippen LogP contribution in [0, 0.1) is 0 Å². The van der Waals surface area contributed by atoms with Crippen molar-refractivity contribution in [3.05, 3.63) is 10.4 Å². The third-order valence-electron chi connectivity index (χ3n) is 0.852. The van der Waals surface area contributed by atoms with Crippen molar-refractivity contribution in [2.24, 2.45) is 0 Å². The van der Waals surface area contributed by atoms with E-state index < -0.39 is 16.6 Å². The number of nitrogens with zero attached hydrogens (tertiary/aromatic N) is 1. The van der Waals surface area contributed by atoms with E-state index in [4.69, 9.17) is 7.85 Å². The van der Waals surface area contributed by atoms with Gasteiger partial charge in [0.1, 0.15) is 12.7 Å². The molecule has 0 N–H and O–H groups in total. The van der Waals surface area contributed by atoms with Gasteiger partial charge in [0.05, 0.1) is 5.51 Å². The highest BCUT2D eigenvalue weighted by molar-refractivity contribution is 7.10. The Kier molecular flexibility index (Phi) is 1.72. The van der Waals surface area contributed by atoms with E-state index in [0.29, 0.717) is 11.3 Å². The molecule has 0 spiro atoms. The van der Waals surface area contributed by atoms with Gasteiger partial charge in [0.15, 0.2) is 0 Å². The number of alkyl halides is 3. The molecule has 0 amide bonds. The summed E-state index contributed by atoms with van der Waals surface area (Å²) in [6.07, 6.45) is -4.36. The van der Waals surface area contributed by atoms with Gasteiger partial charge in [-0.25, -0.2) is 0 Å². The standard InChI is InChI=1S/C4HBF3NS/c5-3-2(4(6,7)8)10-1-9-3/h1H. The van der Waals surface area contributed by atoms with Crippen molar-refractivity contribution in [1.82, 2.24) is 4.98 Å². The van der Waals surface area contributed by atoms with E-state index in [9.17, 15) is 13.2 Å². The Bertz CT molecular complexity index is 231. The van der Waals surface area contributed by atoms with Gasteiger partial charge in [-0.05, 0) is 0 Å². The third kappa shape index (κ3) is 1.31. The summed E-state index contributed by atoms with van der Waals surface area (Å²) in [4.78, 5) is 2.43. The van der Waals surface area contributed by atoms with Gasteiger partial charge in [-0.2, -0.15) is 13.2 Å². The third-order valence-corrected chi connectivity index (χ3v) is 1.74. The Balaban J connectivity index is 3.05. The second kappa shape index (κ2) is 2.27. The van der Waals surface area contributed by atoms with Crippen molar-refractivity contribution in [2.75, 3.05) is 0 Å². The summed E-state index contributed by atoms with van der Waals surface area (Å²) < 4.78 is 35.3. The van der Waals surface area contributed by atoms with Crippen molar-refractivity contribution in [3.63, 3.8) is 0 Å². The Morgan fingerprint density at radius 2 is 2.10 bits per heavy atom. The van der Waals surface area contributed by atoms with Gasteiger partial charge < -0.3 is 0 Å². The number of hydrogen-bond acceptors (Lipinski definition) is 2. The number of thiazole rings is 1. The van der Waals surface area contributed by atoms with E-state index in [1.54, 1.807) is 0 Å². The van der Waals surface area contributed by atoms with Crippen molar-refractivity contribution < 1.29 is 13.2 Å². The molecule has 1 heterocycles. The van der Waals surface area contributed by atoms with E-state index in [-0.39, 0.29) is 0 Å². The molecule has 0 bridgehead atoms. The minimum atomic E-state index is -4.36. The summed E-state index contributed by atoms with van der Waals surface area (Å²) in [6.45, 7) is 0. The molecule has 0 aliphatic heterocycles. The Morgan fingerprint density at radius 1 is 1.50 bits per heavy atom. The molecule has 10 heavy (non-hydrogen) atoms. The monoisotopic (exact) mass is 163 g/mol. The van der Waals surface area contributed by atoms with Gasteiger partial charge in [-0.3, -0.25) is 4.98 Å². The SMILES string of the molecule is [B]c1ncsc1C(F)(F)F. The molecular weight excluding hydrogens is 162 g/mol. The molecule has 1 aromatic heterocycles. The zero-order valence-electron chi connectivity index (χ0n) is 4.64. The van der Waals surface area contributed by atoms with E-state index in [1.165, 1.54) is 0 Å². The van der Waals surface area contributed by atoms with E-state index in [0.717, 1.165) is 5.51 Å². The van der Waals surface area contributed by atoms with Crippen molar-refractivity contribution in [1.29, 1.82) is 0 Å². The van der Waals surface area contributed by atoms with Crippen LogP contribution in [-0.4, -0.2) is 12.8 Å². The first-order chi connectivity index (χ1) is 4.52. The summed E-state index contributed by atoms with van der Waals surface area (Å²) in [5.41, 5.74) is 0.621. The lowest BCUT2D eigenvalue weighted by atomic mass is 10.0. The average Bonchev–Trinajstić information content (AvgIpc) is 2.11. The Morgan fingerprint density at radius 3 is 2.30 bits per heavy atom. The molecule has 0 aromatic carbocycles. The van der Waals surface area contributed by atoms with Gasteiger partial charge >= 0.3 is 6.18 Å². The summed E-state index contributed by atoms with van der Waals surface area (Å²) >= 11 is 0.495. The van der Waals surface area contributed by atoms with Crippen LogP contribution >= 0.6 is 11.3 Å². The summed E-state index contributed by atoms with van der Waals surface area (Å²) in [7, 11) is 4.91. The van der Waals surface area contributed by atoms with Crippen LogP contribution in [0.15, 0.2) is 5.51 Å². The van der Waals surface area contributed by atoms with Gasteiger partial charge in [0.25, 0.3) is 0 Å². The van der Waals surface area contributed by atoms with Crippen LogP contribution in [0.3, 0.4) is 0 Å². The molecule has 0 fully saturated rings. The molecule has 1 nitrogen and oxygen atoms in total. The van der Waals surface area contributed by atoms with Gasteiger partial charge in [0, 0.05) is 5.59 Å². The van der Waals surface area contributed by atoms with Crippen LogP contribution in [0.5, 0.6) is 0 Å². The van der Waals surface area contributed by atoms with Crippen LogP contribution in [0.4, 0.5) is 13.2 Å². The maximum absolute atomic E-state index is 11.8. The Hall–Kier alpha value is -0.515. The van der Waals surface area contributed by atoms with Crippen LogP contribution in [-0.2, 0) is 6.18 Å². The lowest BCUT2D eigenvalue weighted by molar-refractivity contribution is -0.133. The molecule has 0 atom stereocenters. The quantitative estimate of drug-likeness (QED) is 0.519. The van der Waals surface area contributed by atoms with Crippen LogP contribution in [0.25, 0.3) is 0 Å². The first kappa shape index (κ1) is 7.59. The minimum Gasteiger partial charge on any atom is -0.261 e. The number of hydrogen-bond donors (Lipinski definition) is 0. The van der Waals surface area contributed by atoms with Crippen molar-refractivity contribution >= 4 is 24.8 Å². The largest absolute Gasteiger partial charge is 0.426 e. The normalized spacial score (nSPS) is 11.9. The second-order valence-corrected chi connectivity index (χ2v) is 2.42. The van der Waals surface area contributed by atoms with Crippen LogP contribution < -0.4 is 5.59 Å². The van der Waals surface area contributed by atoms with Gasteiger partial charge in [0.2, 0.25) is 0 Å². The highest BCUT2D eigenvalue weighted by Gasteiger charge is 2.33. The number of rotatable bonds is 0. The summed E-state index contributed by atoms with van der Waals surface area (Å²) in [5.74, 6) is 0. The Labute approximate surface area is 60.3 Å². The van der Waals surface area contributed by atoms with Gasteiger partial charge in [-0.1, -0.05) is 0 Å². The van der Waals surface area contributed by atoms with Crippen LogP contribution in [0.2, 0.25) is 0 Å². The zero-order valence-corrected chi connectivity index (χ0v) is 5.46. The minimum absolute atomic E-state index is 0.447. The number of halogens is 3. The first-order valence-corrected chi connectivity index (χ1v) is 3.16. The van der Waals surface area contributed by atoms with E-state index in [2.05, 4.69) is 4.98 Å². The molecule has 0 saturated heterocycles. The lowest BCUT2D eigenvalue weighted by Crippen LogP contribution is -2.17. The highest BCUT2D eigenvalue weighted by atomic mass is 32.1. The average molecular weight is 163 g/mol. The second-order valence-electron chi connectivity index (χ2n) is 1.56. The molecule has 1 aromatic rings. The van der Waals surface area contributed by atoms with E-state index in [1.807, 2.05) is 0 Å². The predicted molar refractivity (Wildman–Crippen MR) is 32.5 cm³/mol.